The van der Waals surface area contributed by atoms with Crippen molar-refractivity contribution in [3.8, 4) is 56.4 Å². The molecule has 10 rings (SSSR count). The summed E-state index contributed by atoms with van der Waals surface area (Å²) in [5.41, 5.74) is 8.78. The molecule has 4 nitrogen and oxygen atoms in total. The lowest BCUT2D eigenvalue weighted by Gasteiger charge is -2.11. The molecule has 8 aromatic carbocycles. The van der Waals surface area contributed by atoms with Crippen molar-refractivity contribution in [2.24, 2.45) is 0 Å². The van der Waals surface area contributed by atoms with Crippen LogP contribution < -0.4 is 0 Å². The van der Waals surface area contributed by atoms with E-state index >= 15 is 0 Å². The van der Waals surface area contributed by atoms with Crippen LogP contribution in [-0.4, -0.2) is 15.0 Å². The molecule has 0 aliphatic heterocycles. The Morgan fingerprint density at radius 1 is 0.294 bits per heavy atom. The fourth-order valence-electron chi connectivity index (χ4n) is 7.09. The molecule has 0 radical (unpaired) electrons. The molecule has 238 valence electrons. The Bertz CT molecular complexity index is 2840. The normalized spacial score (nSPS) is 11.5. The number of rotatable bonds is 5. The number of furan rings is 1. The van der Waals surface area contributed by atoms with E-state index in [0.717, 1.165) is 60.5 Å². The Labute approximate surface area is 294 Å². The summed E-state index contributed by atoms with van der Waals surface area (Å²) in [6.45, 7) is 0. The van der Waals surface area contributed by atoms with Gasteiger partial charge in [0.15, 0.2) is 17.5 Å². The molecule has 10 aromatic rings. The second-order valence-corrected chi connectivity index (χ2v) is 12.8. The summed E-state index contributed by atoms with van der Waals surface area (Å²) < 4.78 is 6.84. The average molecular weight is 652 g/mol. The highest BCUT2D eigenvalue weighted by Crippen LogP contribution is 2.42. The van der Waals surface area contributed by atoms with Gasteiger partial charge >= 0.3 is 0 Å². The van der Waals surface area contributed by atoms with E-state index < -0.39 is 0 Å². The van der Waals surface area contributed by atoms with Gasteiger partial charge in [0, 0.05) is 27.3 Å². The zero-order valence-electron chi connectivity index (χ0n) is 27.5. The lowest BCUT2D eigenvalue weighted by molar-refractivity contribution is 0.673. The molecular formula is C47H29N3O. The summed E-state index contributed by atoms with van der Waals surface area (Å²) in [5.74, 6) is 1.78. The topological polar surface area (TPSA) is 51.8 Å². The highest BCUT2D eigenvalue weighted by Gasteiger charge is 2.20. The maximum absolute atomic E-state index is 6.84. The molecule has 0 unspecified atom stereocenters. The third-order valence-corrected chi connectivity index (χ3v) is 9.70. The van der Waals surface area contributed by atoms with E-state index in [4.69, 9.17) is 19.4 Å². The molecule has 0 spiro atoms. The average Bonchev–Trinajstić information content (AvgIpc) is 3.60. The first-order valence-electron chi connectivity index (χ1n) is 17.1. The predicted molar refractivity (Wildman–Crippen MR) is 209 cm³/mol. The molecule has 0 N–H and O–H groups in total. The molecule has 0 aliphatic rings. The van der Waals surface area contributed by atoms with Crippen LogP contribution in [0.3, 0.4) is 0 Å². The molecule has 0 fully saturated rings. The van der Waals surface area contributed by atoms with Crippen LogP contribution in [0.5, 0.6) is 0 Å². The number of aromatic nitrogens is 3. The van der Waals surface area contributed by atoms with Crippen molar-refractivity contribution in [2.45, 2.75) is 0 Å². The summed E-state index contributed by atoms with van der Waals surface area (Å²) in [7, 11) is 0. The lowest BCUT2D eigenvalue weighted by atomic mass is 9.95. The lowest BCUT2D eigenvalue weighted by Crippen LogP contribution is -2.00. The molecule has 4 heteroatoms. The molecule has 0 amide bonds. The summed E-state index contributed by atoms with van der Waals surface area (Å²) >= 11 is 0. The fourth-order valence-corrected chi connectivity index (χ4v) is 7.09. The van der Waals surface area contributed by atoms with Gasteiger partial charge < -0.3 is 4.42 Å². The zero-order chi connectivity index (χ0) is 33.7. The third kappa shape index (κ3) is 5.13. The monoisotopic (exact) mass is 651 g/mol. The molecule has 0 bridgehead atoms. The van der Waals surface area contributed by atoms with E-state index in [-0.39, 0.29) is 0 Å². The van der Waals surface area contributed by atoms with Gasteiger partial charge in [-0.3, -0.25) is 0 Å². The van der Waals surface area contributed by atoms with Crippen molar-refractivity contribution in [2.75, 3.05) is 0 Å². The Morgan fingerprint density at radius 2 is 0.843 bits per heavy atom. The largest absolute Gasteiger partial charge is 0.455 e. The Morgan fingerprint density at radius 3 is 1.55 bits per heavy atom. The number of hydrogen-bond acceptors (Lipinski definition) is 4. The first-order chi connectivity index (χ1) is 25.2. The molecule has 0 aliphatic carbocycles. The van der Waals surface area contributed by atoms with Gasteiger partial charge in [-0.25, -0.2) is 15.0 Å². The van der Waals surface area contributed by atoms with Crippen LogP contribution in [0.15, 0.2) is 180 Å². The standard InChI is InChI=1S/C47H29N3O/c1-3-13-34(14-4-1)45-48-46(35-15-5-2-6-16-35)50-47(49-45)42-29-38(28-41-40-26-25-33-12-9-10-18-39(33)43(40)51-44(41)42)32-21-19-31(20-22-32)37-24-23-30-11-7-8-17-36(30)27-37/h1-29H. The summed E-state index contributed by atoms with van der Waals surface area (Å²) in [6.07, 6.45) is 0. The number of hydrogen-bond donors (Lipinski definition) is 0. The van der Waals surface area contributed by atoms with E-state index in [1.165, 1.54) is 21.9 Å². The van der Waals surface area contributed by atoms with Gasteiger partial charge in [0.05, 0.1) is 5.56 Å². The number of nitrogens with zero attached hydrogens (tertiary/aromatic N) is 3. The minimum atomic E-state index is 0.561. The van der Waals surface area contributed by atoms with E-state index in [1.807, 2.05) is 60.7 Å². The minimum absolute atomic E-state index is 0.561. The van der Waals surface area contributed by atoms with Crippen LogP contribution in [0.2, 0.25) is 0 Å². The van der Waals surface area contributed by atoms with Crippen LogP contribution >= 0.6 is 0 Å². The van der Waals surface area contributed by atoms with Gasteiger partial charge in [-0.1, -0.05) is 152 Å². The molecule has 51 heavy (non-hydrogen) atoms. The van der Waals surface area contributed by atoms with Gasteiger partial charge in [-0.15, -0.1) is 0 Å². The number of benzene rings is 8. The van der Waals surface area contributed by atoms with E-state index in [2.05, 4.69) is 115 Å². The van der Waals surface area contributed by atoms with Gasteiger partial charge in [0.2, 0.25) is 0 Å². The Hall–Kier alpha value is -6.91. The molecule has 0 atom stereocenters. The highest BCUT2D eigenvalue weighted by molar-refractivity contribution is 6.18. The molecule has 0 saturated heterocycles. The smallest absolute Gasteiger partial charge is 0.167 e. The van der Waals surface area contributed by atoms with Crippen LogP contribution in [0.4, 0.5) is 0 Å². The first kappa shape index (κ1) is 29.0. The molecule has 2 aromatic heterocycles. The van der Waals surface area contributed by atoms with E-state index in [9.17, 15) is 0 Å². The van der Waals surface area contributed by atoms with Crippen LogP contribution in [0.25, 0.3) is 99.9 Å². The Kier molecular flexibility index (Phi) is 6.78. The summed E-state index contributed by atoms with van der Waals surface area (Å²) in [4.78, 5) is 15.2. The zero-order valence-corrected chi connectivity index (χ0v) is 27.5. The molecular weight excluding hydrogens is 623 g/mol. The van der Waals surface area contributed by atoms with Gasteiger partial charge in [-0.05, 0) is 62.7 Å². The SMILES string of the molecule is c1ccc(-c2nc(-c3ccccc3)nc(-c3cc(-c4ccc(-c5ccc6ccccc6c5)cc4)cc4c3oc3c5ccccc5ccc43)n2)cc1. The maximum Gasteiger partial charge on any atom is 0.167 e. The second-order valence-electron chi connectivity index (χ2n) is 12.8. The summed E-state index contributed by atoms with van der Waals surface area (Å²) in [6, 6.07) is 61.2. The predicted octanol–water partition coefficient (Wildman–Crippen LogP) is 12.4. The maximum atomic E-state index is 6.84. The fraction of sp³-hybridized carbons (Fsp3) is 0. The van der Waals surface area contributed by atoms with Crippen molar-refractivity contribution in [1.82, 2.24) is 15.0 Å². The third-order valence-electron chi connectivity index (χ3n) is 9.70. The van der Waals surface area contributed by atoms with Crippen LogP contribution in [-0.2, 0) is 0 Å². The molecule has 2 heterocycles. The summed E-state index contributed by atoms with van der Waals surface area (Å²) in [5, 5.41) is 6.75. The van der Waals surface area contributed by atoms with Crippen molar-refractivity contribution in [3.63, 3.8) is 0 Å². The number of fused-ring (bicyclic) bond motifs is 6. The first-order valence-corrected chi connectivity index (χ1v) is 17.1. The highest BCUT2D eigenvalue weighted by atomic mass is 16.3. The quantitative estimate of drug-likeness (QED) is 0.186. The van der Waals surface area contributed by atoms with Crippen LogP contribution in [0, 0.1) is 0 Å². The van der Waals surface area contributed by atoms with Gasteiger partial charge in [-0.2, -0.15) is 0 Å². The van der Waals surface area contributed by atoms with E-state index in [1.54, 1.807) is 0 Å². The van der Waals surface area contributed by atoms with Crippen LogP contribution in [0.1, 0.15) is 0 Å². The van der Waals surface area contributed by atoms with Crippen molar-refractivity contribution >= 4 is 43.5 Å². The van der Waals surface area contributed by atoms with Crippen molar-refractivity contribution < 1.29 is 4.42 Å². The molecule has 0 saturated carbocycles. The Balaban J connectivity index is 1.20. The van der Waals surface area contributed by atoms with Gasteiger partial charge in [0.25, 0.3) is 0 Å². The minimum Gasteiger partial charge on any atom is -0.455 e. The second kappa shape index (κ2) is 11.9. The van der Waals surface area contributed by atoms with Crippen molar-refractivity contribution in [3.05, 3.63) is 176 Å². The van der Waals surface area contributed by atoms with Crippen molar-refractivity contribution in [1.29, 1.82) is 0 Å². The van der Waals surface area contributed by atoms with Gasteiger partial charge in [0.1, 0.15) is 11.2 Å². The van der Waals surface area contributed by atoms with E-state index in [0.29, 0.717) is 17.5 Å².